The first-order valence-electron chi connectivity index (χ1n) is 7.87. The average molecular weight is 345 g/mol. The second kappa shape index (κ2) is 8.51. The van der Waals surface area contributed by atoms with Gasteiger partial charge in [0.2, 0.25) is 5.91 Å². The number of rotatable bonds is 5. The molecule has 1 atom stereocenters. The van der Waals surface area contributed by atoms with Gasteiger partial charge < -0.3 is 10.2 Å². The predicted octanol–water partition coefficient (Wildman–Crippen LogP) is 2.97. The minimum absolute atomic E-state index is 0.0277. The summed E-state index contributed by atoms with van der Waals surface area (Å²) < 4.78 is 0. The zero-order chi connectivity index (χ0) is 17.5. The lowest BCUT2D eigenvalue weighted by Gasteiger charge is -2.11. The molecule has 0 bridgehead atoms. The first-order chi connectivity index (χ1) is 11.5. The third-order valence-electron chi connectivity index (χ3n) is 3.97. The summed E-state index contributed by atoms with van der Waals surface area (Å²) in [5, 5.41) is 12.4. The fourth-order valence-electron chi connectivity index (χ4n) is 2.76. The molecule has 1 aromatic rings. The molecule has 1 aliphatic rings. The lowest BCUT2D eigenvalue weighted by Crippen LogP contribution is -2.25. The maximum atomic E-state index is 12.1. The van der Waals surface area contributed by atoms with Crippen LogP contribution in [0.15, 0.2) is 41.0 Å². The van der Waals surface area contributed by atoms with E-state index in [4.69, 9.17) is 16.9 Å². The Labute approximate surface area is 147 Å². The smallest absolute Gasteiger partial charge is 0.224 e. The zero-order valence-electron chi connectivity index (χ0n) is 13.9. The SMILES string of the molecule is CN=C(/C=C(\C)NC(=O)C[C@@H]1CCN(C#N)C1)c1ccc(Cl)cc1. The van der Waals surface area contributed by atoms with E-state index in [0.29, 0.717) is 18.0 Å². The van der Waals surface area contributed by atoms with Crippen molar-refractivity contribution in [2.45, 2.75) is 19.8 Å². The van der Waals surface area contributed by atoms with Gasteiger partial charge in [-0.1, -0.05) is 23.7 Å². The lowest BCUT2D eigenvalue weighted by atomic mass is 10.0. The molecule has 1 heterocycles. The molecule has 0 saturated carbocycles. The fraction of sp³-hybridized carbons (Fsp3) is 0.389. The van der Waals surface area contributed by atoms with Crippen LogP contribution in [0.1, 0.15) is 25.3 Å². The third-order valence-corrected chi connectivity index (χ3v) is 4.22. The summed E-state index contributed by atoms with van der Waals surface area (Å²) in [6.45, 7) is 3.25. The summed E-state index contributed by atoms with van der Waals surface area (Å²) in [6, 6.07) is 7.41. The summed E-state index contributed by atoms with van der Waals surface area (Å²) in [5.74, 6) is 0.216. The summed E-state index contributed by atoms with van der Waals surface area (Å²) in [6.07, 6.45) is 5.29. The van der Waals surface area contributed by atoms with Crippen molar-refractivity contribution in [3.8, 4) is 6.19 Å². The molecule has 0 aliphatic carbocycles. The Morgan fingerprint density at radius 1 is 1.50 bits per heavy atom. The van der Waals surface area contributed by atoms with Crippen LogP contribution in [-0.4, -0.2) is 36.7 Å². The van der Waals surface area contributed by atoms with Crippen LogP contribution in [0.3, 0.4) is 0 Å². The van der Waals surface area contributed by atoms with Crippen molar-refractivity contribution in [3.63, 3.8) is 0 Å². The number of benzene rings is 1. The molecule has 1 N–H and O–H groups in total. The second-order valence-electron chi connectivity index (χ2n) is 5.90. The first-order valence-corrected chi connectivity index (χ1v) is 8.25. The van der Waals surface area contributed by atoms with Gasteiger partial charge in [0, 0.05) is 37.3 Å². The maximum Gasteiger partial charge on any atom is 0.224 e. The van der Waals surface area contributed by atoms with Gasteiger partial charge in [-0.3, -0.25) is 9.79 Å². The number of allylic oxidation sites excluding steroid dienone is 2. The highest BCUT2D eigenvalue weighted by Gasteiger charge is 2.23. The number of aliphatic imine (C=N–C) groups is 1. The fourth-order valence-corrected chi connectivity index (χ4v) is 2.89. The van der Waals surface area contributed by atoms with Gasteiger partial charge in [-0.25, -0.2) is 0 Å². The van der Waals surface area contributed by atoms with Gasteiger partial charge in [0.15, 0.2) is 6.19 Å². The van der Waals surface area contributed by atoms with Gasteiger partial charge in [0.25, 0.3) is 0 Å². The predicted molar refractivity (Wildman–Crippen MR) is 95.7 cm³/mol. The van der Waals surface area contributed by atoms with Gasteiger partial charge in [0.1, 0.15) is 0 Å². The van der Waals surface area contributed by atoms with E-state index >= 15 is 0 Å². The van der Waals surface area contributed by atoms with E-state index in [-0.39, 0.29) is 11.8 Å². The Morgan fingerprint density at radius 3 is 2.79 bits per heavy atom. The van der Waals surface area contributed by atoms with E-state index in [9.17, 15) is 4.79 Å². The molecule has 126 valence electrons. The van der Waals surface area contributed by atoms with E-state index in [1.165, 1.54) is 0 Å². The lowest BCUT2D eigenvalue weighted by molar-refractivity contribution is -0.121. The van der Waals surface area contributed by atoms with Gasteiger partial charge in [-0.15, -0.1) is 0 Å². The Balaban J connectivity index is 1.93. The zero-order valence-corrected chi connectivity index (χ0v) is 14.7. The normalized spacial score (nSPS) is 18.4. The Bertz CT molecular complexity index is 688. The number of carbonyl (C=O) groups is 1. The minimum atomic E-state index is -0.0277. The molecule has 24 heavy (non-hydrogen) atoms. The third kappa shape index (κ3) is 5.10. The van der Waals surface area contributed by atoms with Crippen LogP contribution in [0.25, 0.3) is 0 Å². The maximum absolute atomic E-state index is 12.1. The molecule has 2 rings (SSSR count). The Hall–Kier alpha value is -2.32. The van der Waals surface area contributed by atoms with Gasteiger partial charge in [-0.2, -0.15) is 5.26 Å². The molecule has 1 amide bonds. The molecule has 6 heteroatoms. The first kappa shape index (κ1) is 18.0. The van der Waals surface area contributed by atoms with Gasteiger partial charge >= 0.3 is 0 Å². The number of hydrogen-bond acceptors (Lipinski definition) is 4. The van der Waals surface area contributed by atoms with Crippen LogP contribution >= 0.6 is 11.6 Å². The van der Waals surface area contributed by atoms with Crippen molar-refractivity contribution in [2.75, 3.05) is 20.1 Å². The molecule has 5 nitrogen and oxygen atoms in total. The van der Waals surface area contributed by atoms with Crippen LogP contribution in [-0.2, 0) is 4.79 Å². The topological polar surface area (TPSA) is 68.5 Å². The number of nitrogens with one attached hydrogen (secondary N) is 1. The summed E-state index contributed by atoms with van der Waals surface area (Å²) in [7, 11) is 1.71. The standard InChI is InChI=1S/C18H21ClN4O/c1-13(9-17(21-2)15-3-5-16(19)6-4-15)22-18(24)10-14-7-8-23(11-14)12-20/h3-6,9,14H,7-8,10-11H2,1-2H3,(H,22,24)/b13-9+,21-17?/t14-/m0/s1. The minimum Gasteiger partial charge on any atom is -0.330 e. The van der Waals surface area contributed by atoms with Gasteiger partial charge in [0.05, 0.1) is 5.71 Å². The molecule has 0 aromatic heterocycles. The van der Waals surface area contributed by atoms with Crippen LogP contribution in [0, 0.1) is 17.4 Å². The molecule has 0 radical (unpaired) electrons. The van der Waals surface area contributed by atoms with Crippen molar-refractivity contribution >= 4 is 23.2 Å². The van der Waals surface area contributed by atoms with Crippen LogP contribution in [0.4, 0.5) is 0 Å². The number of likely N-dealkylation sites (tertiary alicyclic amines) is 1. The second-order valence-corrected chi connectivity index (χ2v) is 6.33. The number of carbonyl (C=O) groups excluding carboxylic acids is 1. The molecular weight excluding hydrogens is 324 g/mol. The molecule has 0 unspecified atom stereocenters. The Kier molecular flexibility index (Phi) is 6.39. The van der Waals surface area contributed by atoms with Crippen LogP contribution in [0.5, 0.6) is 0 Å². The van der Waals surface area contributed by atoms with Crippen LogP contribution in [0.2, 0.25) is 5.02 Å². The van der Waals surface area contributed by atoms with E-state index in [1.54, 1.807) is 11.9 Å². The van der Waals surface area contributed by atoms with Crippen molar-refractivity contribution in [1.29, 1.82) is 5.26 Å². The highest BCUT2D eigenvalue weighted by atomic mass is 35.5. The summed E-state index contributed by atoms with van der Waals surface area (Å²) in [5.41, 5.74) is 2.46. The van der Waals surface area contributed by atoms with Crippen LogP contribution < -0.4 is 5.32 Å². The van der Waals surface area contributed by atoms with E-state index in [2.05, 4.69) is 16.5 Å². The highest BCUT2D eigenvalue weighted by molar-refractivity contribution is 6.30. The number of nitriles is 1. The van der Waals surface area contributed by atoms with Crippen molar-refractivity contribution in [2.24, 2.45) is 10.9 Å². The monoisotopic (exact) mass is 344 g/mol. The highest BCUT2D eigenvalue weighted by Crippen LogP contribution is 2.18. The van der Waals surface area contributed by atoms with E-state index in [1.807, 2.05) is 37.3 Å². The van der Waals surface area contributed by atoms with Crippen molar-refractivity contribution in [3.05, 3.63) is 46.6 Å². The van der Waals surface area contributed by atoms with E-state index < -0.39 is 0 Å². The number of hydrogen-bond donors (Lipinski definition) is 1. The number of halogens is 1. The summed E-state index contributed by atoms with van der Waals surface area (Å²) >= 11 is 5.90. The van der Waals surface area contributed by atoms with Gasteiger partial charge in [-0.05, 0) is 43.0 Å². The van der Waals surface area contributed by atoms with Crippen molar-refractivity contribution < 1.29 is 4.79 Å². The van der Waals surface area contributed by atoms with E-state index in [0.717, 1.165) is 29.9 Å². The molecule has 1 aromatic carbocycles. The molecule has 0 spiro atoms. The summed E-state index contributed by atoms with van der Waals surface area (Å²) in [4.78, 5) is 18.1. The van der Waals surface area contributed by atoms with Crippen molar-refractivity contribution in [1.82, 2.24) is 10.2 Å². The largest absolute Gasteiger partial charge is 0.330 e. The Morgan fingerprint density at radius 2 is 2.21 bits per heavy atom. The molecule has 1 aliphatic heterocycles. The quantitative estimate of drug-likeness (QED) is 0.659. The molecular formula is C18H21ClN4O. The molecule has 1 fully saturated rings. The number of nitrogens with zero attached hydrogens (tertiary/aromatic N) is 3. The molecule has 1 saturated heterocycles. The number of amides is 1. The average Bonchev–Trinajstić information content (AvgIpc) is 3.01.